The molecule has 0 saturated carbocycles. The molecule has 4 nitrogen and oxygen atoms in total. The Bertz CT molecular complexity index is 319. The van der Waals surface area contributed by atoms with E-state index in [1.54, 1.807) is 23.0 Å². The van der Waals surface area contributed by atoms with Crippen LogP contribution < -0.4 is 0 Å². The topological polar surface area (TPSA) is 62.5 Å². The Hall–Kier alpha value is -1.13. The largest absolute Gasteiger partial charge is 0.394 e. The minimum Gasteiger partial charge on any atom is -0.394 e. The fourth-order valence-corrected chi connectivity index (χ4v) is 1.39. The molecule has 0 aliphatic heterocycles. The fourth-order valence-electron chi connectivity index (χ4n) is 1.39. The quantitative estimate of drug-likeness (QED) is 0.685. The van der Waals surface area contributed by atoms with Crippen LogP contribution in [0.3, 0.4) is 0 Å². The molecule has 84 valence electrons. The third-order valence-electron chi connectivity index (χ3n) is 2.18. The molecule has 2 N–H and O–H groups in total. The Morgan fingerprint density at radius 3 is 2.93 bits per heavy atom. The fraction of sp³-hybridized carbons (Fsp3) is 0.545. The lowest BCUT2D eigenvalue weighted by Gasteiger charge is -2.07. The number of aromatic nitrogens is 1. The molecular weight excluding hydrogens is 194 g/mol. The average Bonchev–Trinajstić information content (AvgIpc) is 2.66. The van der Waals surface area contributed by atoms with Gasteiger partial charge in [0.25, 0.3) is 0 Å². The van der Waals surface area contributed by atoms with E-state index in [4.69, 9.17) is 5.11 Å². The monoisotopic (exact) mass is 211 g/mol. The van der Waals surface area contributed by atoms with E-state index in [-0.39, 0.29) is 12.4 Å². The maximum absolute atomic E-state index is 11.5. The summed E-state index contributed by atoms with van der Waals surface area (Å²) < 4.78 is 1.71. The molecule has 1 atom stereocenters. The molecule has 0 aliphatic rings. The summed E-state index contributed by atoms with van der Waals surface area (Å²) in [5, 5.41) is 17.9. The highest BCUT2D eigenvalue weighted by Crippen LogP contribution is 2.07. The molecule has 0 aliphatic carbocycles. The summed E-state index contributed by atoms with van der Waals surface area (Å²) in [6.07, 6.45) is 4.06. The summed E-state index contributed by atoms with van der Waals surface area (Å²) in [5.41, 5.74) is 0.669. The summed E-state index contributed by atoms with van der Waals surface area (Å²) in [6, 6.07) is 1.74. The van der Waals surface area contributed by atoms with Crippen LogP contribution in [0.25, 0.3) is 0 Å². The highest BCUT2D eigenvalue weighted by molar-refractivity contribution is 5.95. The van der Waals surface area contributed by atoms with Gasteiger partial charge in [0.2, 0.25) is 0 Å². The van der Waals surface area contributed by atoms with Gasteiger partial charge in [0, 0.05) is 24.4 Å². The molecule has 0 radical (unpaired) electrons. The third kappa shape index (κ3) is 3.49. The highest BCUT2D eigenvalue weighted by Gasteiger charge is 2.08. The van der Waals surface area contributed by atoms with E-state index < -0.39 is 6.10 Å². The van der Waals surface area contributed by atoms with Gasteiger partial charge in [-0.15, -0.1) is 0 Å². The van der Waals surface area contributed by atoms with Crippen LogP contribution in [0.1, 0.15) is 30.1 Å². The zero-order valence-corrected chi connectivity index (χ0v) is 8.89. The minimum atomic E-state index is -0.772. The van der Waals surface area contributed by atoms with Gasteiger partial charge < -0.3 is 14.8 Å². The standard InChI is InChI=1S/C11H17NO3/c1-2-3-11(15)9-4-5-12(6-9)7-10(14)8-13/h4-6,10,13-14H,2-3,7-8H2,1H3. The number of aliphatic hydroxyl groups is 2. The van der Waals surface area contributed by atoms with E-state index in [9.17, 15) is 9.90 Å². The van der Waals surface area contributed by atoms with Crippen LogP contribution in [0.5, 0.6) is 0 Å². The molecule has 1 aromatic heterocycles. The predicted molar refractivity (Wildman–Crippen MR) is 56.8 cm³/mol. The van der Waals surface area contributed by atoms with E-state index >= 15 is 0 Å². The number of nitrogens with zero attached hydrogens (tertiary/aromatic N) is 1. The Morgan fingerprint density at radius 2 is 2.33 bits per heavy atom. The van der Waals surface area contributed by atoms with Gasteiger partial charge in [-0.2, -0.15) is 0 Å². The predicted octanol–water partition coefficient (Wildman–Crippen LogP) is 0.824. The van der Waals surface area contributed by atoms with Crippen molar-refractivity contribution < 1.29 is 15.0 Å². The lowest BCUT2D eigenvalue weighted by atomic mass is 10.1. The van der Waals surface area contributed by atoms with Crippen molar-refractivity contribution in [3.05, 3.63) is 24.0 Å². The molecule has 1 aromatic rings. The second-order valence-electron chi connectivity index (χ2n) is 3.61. The molecule has 0 amide bonds. The number of Topliss-reactive ketones (excluding diaryl/α,β-unsaturated/α-hetero) is 1. The van der Waals surface area contributed by atoms with E-state index in [1.165, 1.54) is 0 Å². The SMILES string of the molecule is CCCC(=O)c1ccn(CC(O)CO)c1. The molecule has 0 bridgehead atoms. The van der Waals surface area contributed by atoms with Crippen molar-refractivity contribution in [2.45, 2.75) is 32.4 Å². The van der Waals surface area contributed by atoms with Crippen molar-refractivity contribution >= 4 is 5.78 Å². The molecule has 0 aromatic carbocycles. The minimum absolute atomic E-state index is 0.120. The maximum Gasteiger partial charge on any atom is 0.164 e. The van der Waals surface area contributed by atoms with E-state index in [2.05, 4.69) is 0 Å². The number of carbonyl (C=O) groups excluding carboxylic acids is 1. The molecule has 1 rings (SSSR count). The van der Waals surface area contributed by atoms with E-state index in [0.29, 0.717) is 18.5 Å². The van der Waals surface area contributed by atoms with Crippen molar-refractivity contribution in [1.82, 2.24) is 4.57 Å². The van der Waals surface area contributed by atoms with Crippen LogP contribution in [0.4, 0.5) is 0 Å². The first kappa shape index (κ1) is 11.9. The van der Waals surface area contributed by atoms with Gasteiger partial charge in [-0.05, 0) is 12.5 Å². The van der Waals surface area contributed by atoms with Crippen molar-refractivity contribution in [3.63, 3.8) is 0 Å². The number of ketones is 1. The molecule has 1 unspecified atom stereocenters. The van der Waals surface area contributed by atoms with Crippen molar-refractivity contribution in [1.29, 1.82) is 0 Å². The van der Waals surface area contributed by atoms with Crippen molar-refractivity contribution in [3.8, 4) is 0 Å². The van der Waals surface area contributed by atoms with Crippen molar-refractivity contribution in [2.75, 3.05) is 6.61 Å². The van der Waals surface area contributed by atoms with Crippen LogP contribution in [-0.4, -0.2) is 33.3 Å². The molecular formula is C11H17NO3. The molecule has 1 heterocycles. The molecule has 15 heavy (non-hydrogen) atoms. The van der Waals surface area contributed by atoms with Crippen LogP contribution in [-0.2, 0) is 6.54 Å². The van der Waals surface area contributed by atoms with Crippen LogP contribution in [0.15, 0.2) is 18.5 Å². The van der Waals surface area contributed by atoms with E-state index in [1.807, 2.05) is 6.92 Å². The van der Waals surface area contributed by atoms with Gasteiger partial charge in [-0.3, -0.25) is 4.79 Å². The number of carbonyl (C=O) groups is 1. The number of hydrogen-bond donors (Lipinski definition) is 2. The van der Waals surface area contributed by atoms with Crippen LogP contribution in [0.2, 0.25) is 0 Å². The van der Waals surface area contributed by atoms with Crippen molar-refractivity contribution in [2.24, 2.45) is 0 Å². The smallest absolute Gasteiger partial charge is 0.164 e. The highest BCUT2D eigenvalue weighted by atomic mass is 16.3. The zero-order chi connectivity index (χ0) is 11.3. The van der Waals surface area contributed by atoms with E-state index in [0.717, 1.165) is 6.42 Å². The summed E-state index contributed by atoms with van der Waals surface area (Å²) in [7, 11) is 0. The Labute approximate surface area is 89.2 Å². The van der Waals surface area contributed by atoms with Crippen LogP contribution >= 0.6 is 0 Å². The van der Waals surface area contributed by atoms with Gasteiger partial charge in [-0.1, -0.05) is 6.92 Å². The first-order chi connectivity index (χ1) is 7.17. The Kier molecular flexibility index (Phi) is 4.52. The second kappa shape index (κ2) is 5.68. The normalized spacial score (nSPS) is 12.7. The maximum atomic E-state index is 11.5. The molecule has 0 spiro atoms. The third-order valence-corrected chi connectivity index (χ3v) is 2.18. The summed E-state index contributed by atoms with van der Waals surface area (Å²) in [6.45, 7) is 2.01. The Balaban J connectivity index is 2.59. The summed E-state index contributed by atoms with van der Waals surface area (Å²) in [5.74, 6) is 0.120. The summed E-state index contributed by atoms with van der Waals surface area (Å²) >= 11 is 0. The van der Waals surface area contributed by atoms with Crippen LogP contribution in [0, 0.1) is 0 Å². The molecule has 0 fully saturated rings. The average molecular weight is 211 g/mol. The lowest BCUT2D eigenvalue weighted by Crippen LogP contribution is -2.18. The Morgan fingerprint density at radius 1 is 1.60 bits per heavy atom. The number of aliphatic hydroxyl groups excluding tert-OH is 2. The lowest BCUT2D eigenvalue weighted by molar-refractivity contribution is 0.0812. The second-order valence-corrected chi connectivity index (χ2v) is 3.61. The van der Waals surface area contributed by atoms with Gasteiger partial charge >= 0.3 is 0 Å². The van der Waals surface area contributed by atoms with Gasteiger partial charge in [0.1, 0.15) is 0 Å². The van der Waals surface area contributed by atoms with Gasteiger partial charge in [0.05, 0.1) is 19.3 Å². The first-order valence-corrected chi connectivity index (χ1v) is 5.15. The van der Waals surface area contributed by atoms with Gasteiger partial charge in [0.15, 0.2) is 5.78 Å². The number of hydrogen-bond acceptors (Lipinski definition) is 3. The van der Waals surface area contributed by atoms with Gasteiger partial charge in [-0.25, -0.2) is 0 Å². The number of rotatable bonds is 6. The molecule has 4 heteroatoms. The summed E-state index contributed by atoms with van der Waals surface area (Å²) in [4.78, 5) is 11.5. The first-order valence-electron chi connectivity index (χ1n) is 5.15. The molecule has 0 saturated heterocycles. The zero-order valence-electron chi connectivity index (χ0n) is 8.89.